The molecule has 2 bridgehead atoms. The van der Waals surface area contributed by atoms with Crippen molar-refractivity contribution in [2.45, 2.75) is 261 Å². The Balaban J connectivity index is 1.32. The molecule has 0 aromatic heterocycles. The van der Waals surface area contributed by atoms with E-state index < -0.39 is 230 Å². The lowest BCUT2D eigenvalue weighted by Gasteiger charge is -2.46. The molecule has 2 unspecified atom stereocenters. The fraction of sp³-hybridized carbons (Fsp3) is 0.811. The summed E-state index contributed by atoms with van der Waals surface area (Å²) in [5.74, 6) is -16.8. The Morgan fingerprint density at radius 1 is 0.654 bits per heavy atom. The fourth-order valence-electron chi connectivity index (χ4n) is 16.9. The quantitative estimate of drug-likeness (QED) is 0.139. The van der Waals surface area contributed by atoms with Gasteiger partial charge in [0.2, 0.25) is 70.9 Å². The third-order valence-corrected chi connectivity index (χ3v) is 23.9. The molecule has 3 N–H and O–H groups in total. The highest BCUT2D eigenvalue weighted by Crippen LogP contribution is 2.46. The summed E-state index contributed by atoms with van der Waals surface area (Å²) in [6, 6.07) is -11.3. The van der Waals surface area contributed by atoms with Crippen LogP contribution in [0.1, 0.15) is 176 Å². The van der Waals surface area contributed by atoms with Crippen molar-refractivity contribution in [1.82, 2.24) is 60.0 Å². The van der Waals surface area contributed by atoms with Crippen molar-refractivity contribution in [3.8, 4) is 0 Å². The number of nitrogens with zero attached hydrogens (tertiary/aromatic N) is 9. The average Bonchev–Trinajstić information content (AvgIpc) is 1.73. The lowest BCUT2D eigenvalue weighted by atomic mass is 9.74. The largest absolute Gasteiger partial charge is 0.397 e. The molecule has 33 heteroatoms. The highest BCUT2D eigenvalue weighted by atomic mass is 19.4. The summed E-state index contributed by atoms with van der Waals surface area (Å²) in [6.45, 7) is 6.42. The molecule has 4 aliphatic carbocycles. The van der Waals surface area contributed by atoms with Gasteiger partial charge in [-0.1, -0.05) is 52.2 Å². The molecule has 7 rings (SSSR count). The second-order valence-corrected chi connectivity index (χ2v) is 31.1. The topological polar surface area (TPSA) is 279 Å². The van der Waals surface area contributed by atoms with Crippen LogP contribution in [0.3, 0.4) is 0 Å². The van der Waals surface area contributed by atoms with Crippen molar-refractivity contribution < 1.29 is 97.4 Å². The lowest BCUT2D eigenvalue weighted by Crippen LogP contribution is -2.68. The fourth-order valence-corrected chi connectivity index (χ4v) is 16.9. The summed E-state index contributed by atoms with van der Waals surface area (Å²) >= 11 is 0. The van der Waals surface area contributed by atoms with Crippen molar-refractivity contribution in [1.29, 1.82) is 0 Å². The summed E-state index contributed by atoms with van der Waals surface area (Å²) in [6.07, 6.45) is -13.2. The van der Waals surface area contributed by atoms with Gasteiger partial charge in [-0.05, 0) is 147 Å². The highest BCUT2D eigenvalue weighted by molar-refractivity contribution is 6.01. The first-order valence-corrected chi connectivity index (χ1v) is 38.3. The molecule has 4 saturated carbocycles. The molecule has 7 aliphatic rings. The molecule has 12 amide bonds. The van der Waals surface area contributed by atoms with Gasteiger partial charge >= 0.3 is 12.4 Å². The van der Waals surface area contributed by atoms with E-state index in [1.165, 1.54) is 68.9 Å². The zero-order chi connectivity index (χ0) is 79.5. The number of carbonyl (C=O) groups excluding carboxylic acids is 12. The van der Waals surface area contributed by atoms with Gasteiger partial charge in [0.25, 0.3) is 0 Å². The maximum atomic E-state index is 15.5. The summed E-state index contributed by atoms with van der Waals surface area (Å²) in [5, 5.41) is 8.38. The number of hydrogen-bond acceptors (Lipinski definition) is 13. The van der Waals surface area contributed by atoms with Gasteiger partial charge in [0.1, 0.15) is 72.1 Å². The van der Waals surface area contributed by atoms with E-state index in [1.54, 1.807) is 46.8 Å². The number of nitrogens with one attached hydrogen (secondary N) is 3. The van der Waals surface area contributed by atoms with E-state index in [2.05, 4.69) is 16.0 Å². The Morgan fingerprint density at radius 3 is 1.84 bits per heavy atom. The van der Waals surface area contributed by atoms with Crippen molar-refractivity contribution in [3.63, 3.8) is 0 Å². The third-order valence-electron chi connectivity index (χ3n) is 23.9. The minimum atomic E-state index is -5.22. The number of ether oxygens (including phenoxy) is 1. The minimum Gasteiger partial charge on any atom is -0.377 e. The standard InChI is InChI=1S/C74H114F8N12O13/c1-13-43(5)61-69(104)92(15-3)42-59(97)89(10)53-25-18-17-21-34-93(68(53)103)56(37-44-26-29-47(30-27-44)73(77,78)79)67(102)87(8)41-57(95)83-51(31-28-45-35-49(75)60(50(76)36-45)74(80,81)82)65(100)94-40-48(107-16-4)38-54(94)64(99)85-72(32-22-33-72)71(106)91(12)62(46-23-19-20-24-46)70(105)90(11)55(66(101)86(6)7)39-58(96)88(9)52(14-2)63(98)84-61/h17-18,43-56,60-62H,13-16,19-42H2,1-12H3,(H,83,95)(H,84,98)(H,85,99)/b18-17-/t43-,44?,45?,47?,48+,49?,50?,51-,52-,53-,54-,55-,56-,60?,61-,62-/m0/s1. The zero-order valence-electron chi connectivity index (χ0n) is 64.1. The Labute approximate surface area is 623 Å². The maximum Gasteiger partial charge on any atom is 0.397 e. The zero-order valence-corrected chi connectivity index (χ0v) is 64.1. The van der Waals surface area contributed by atoms with E-state index in [0.29, 0.717) is 38.5 Å². The monoisotopic (exact) mass is 1530 g/mol. The Kier molecular flexibility index (Phi) is 30.5. The predicted octanol–water partition coefficient (Wildman–Crippen LogP) is 6.10. The number of halogens is 8. The molecule has 0 radical (unpaired) electrons. The maximum absolute atomic E-state index is 15.5. The van der Waals surface area contributed by atoms with Gasteiger partial charge in [-0.15, -0.1) is 0 Å². The lowest BCUT2D eigenvalue weighted by molar-refractivity contribution is -0.219. The van der Waals surface area contributed by atoms with Gasteiger partial charge in [0.05, 0.1) is 31.5 Å². The van der Waals surface area contributed by atoms with Gasteiger partial charge in [-0.2, -0.15) is 26.3 Å². The Morgan fingerprint density at radius 2 is 1.29 bits per heavy atom. The first-order valence-electron chi connectivity index (χ1n) is 38.3. The molecule has 1 spiro atoms. The number of amides is 12. The van der Waals surface area contributed by atoms with Crippen LogP contribution in [0.15, 0.2) is 12.2 Å². The molecule has 3 aliphatic heterocycles. The van der Waals surface area contributed by atoms with Crippen molar-refractivity contribution in [2.75, 3.05) is 88.7 Å². The smallest absolute Gasteiger partial charge is 0.377 e. The SMILES string of the molecule is CCO[C@@H]1C[C@H]2C(=O)NC3(CCC3)C(=O)N(C)[C@@H](C3CCCC3)C(=O)N(C)[C@H](C(=O)N(C)C)CC(=O)N(C)[C@@H](CC)C(=O)N[C@@H]([C@@H](C)CC)C(=O)N(CC)CC(=O)N(C)[C@H]3C/C=C\CCN(C3=O)[C@@H](CC3CCC(C(F)(F)F)CC3)C(=O)N(C)CC(=O)N[C@@H](CCC3CC(F)C(C(F)(F)F)C(F)C3)C(=O)N2C1. The van der Waals surface area contributed by atoms with Crippen LogP contribution in [0.2, 0.25) is 0 Å². The number of likely N-dealkylation sites (N-methyl/N-ethyl adjacent to an activating group) is 7. The summed E-state index contributed by atoms with van der Waals surface area (Å²) in [7, 11) is 9.51. The number of carbonyl (C=O) groups is 12. The first kappa shape index (κ1) is 87.0. The van der Waals surface area contributed by atoms with E-state index >= 15 is 37.5 Å². The van der Waals surface area contributed by atoms with Crippen LogP contribution in [-0.4, -0.2) is 288 Å². The van der Waals surface area contributed by atoms with Crippen LogP contribution in [0, 0.1) is 35.5 Å². The summed E-state index contributed by atoms with van der Waals surface area (Å²) in [5.41, 5.74) is -1.69. The number of hydrogen-bond donors (Lipinski definition) is 3. The van der Waals surface area contributed by atoms with Gasteiger partial charge in [0.15, 0.2) is 0 Å². The molecule has 25 nitrogen and oxygen atoms in total. The molecule has 0 aromatic carbocycles. The molecule has 604 valence electrons. The van der Waals surface area contributed by atoms with Crippen LogP contribution in [0.5, 0.6) is 0 Å². The second-order valence-electron chi connectivity index (χ2n) is 31.1. The second kappa shape index (κ2) is 37.5. The average molecular weight is 1530 g/mol. The van der Waals surface area contributed by atoms with E-state index in [1.807, 2.05) is 0 Å². The molecule has 0 aromatic rings. The van der Waals surface area contributed by atoms with E-state index in [4.69, 9.17) is 4.74 Å². The third kappa shape index (κ3) is 20.8. The van der Waals surface area contributed by atoms with Crippen LogP contribution in [0.4, 0.5) is 35.1 Å². The number of fused-ring (bicyclic) bond motifs is 3. The van der Waals surface area contributed by atoms with Crippen LogP contribution < -0.4 is 16.0 Å². The van der Waals surface area contributed by atoms with Crippen molar-refractivity contribution in [2.24, 2.45) is 35.5 Å². The molecular formula is C74H114F8N12O13. The number of alkyl halides is 8. The van der Waals surface area contributed by atoms with E-state index in [-0.39, 0.29) is 103 Å². The Bertz CT molecular complexity index is 3190. The van der Waals surface area contributed by atoms with Gasteiger partial charge in [-0.25, -0.2) is 8.78 Å². The highest BCUT2D eigenvalue weighted by Gasteiger charge is 2.56. The first-order chi connectivity index (χ1) is 50.2. The van der Waals surface area contributed by atoms with Crippen molar-refractivity contribution >= 4 is 70.9 Å². The molecule has 3 heterocycles. The molecule has 2 saturated heterocycles. The Hall–Kier alpha value is -7.22. The van der Waals surface area contributed by atoms with E-state index in [0.717, 1.165) is 24.5 Å². The van der Waals surface area contributed by atoms with Crippen molar-refractivity contribution in [3.05, 3.63) is 12.2 Å². The molecule has 12 atom stereocenters. The molecule has 107 heavy (non-hydrogen) atoms. The van der Waals surface area contributed by atoms with Gasteiger partial charge in [0, 0.05) is 82.0 Å². The van der Waals surface area contributed by atoms with Crippen LogP contribution in [0.25, 0.3) is 0 Å². The van der Waals surface area contributed by atoms with Gasteiger partial charge in [-0.3, -0.25) is 57.5 Å². The summed E-state index contributed by atoms with van der Waals surface area (Å²) < 4.78 is 121. The summed E-state index contributed by atoms with van der Waals surface area (Å²) in [4.78, 5) is 191. The van der Waals surface area contributed by atoms with E-state index in [9.17, 15) is 55.1 Å². The normalized spacial score (nSPS) is 32.1. The van der Waals surface area contributed by atoms with Crippen LogP contribution >= 0.6 is 0 Å². The number of rotatable bonds is 13. The molecular weight excluding hydrogens is 1420 g/mol. The van der Waals surface area contributed by atoms with Crippen LogP contribution in [-0.2, 0) is 62.3 Å². The molecule has 6 fully saturated rings. The minimum absolute atomic E-state index is 0.000995. The predicted molar refractivity (Wildman–Crippen MR) is 377 cm³/mol. The van der Waals surface area contributed by atoms with Gasteiger partial charge < -0.3 is 64.8 Å².